The number of nitrogens with one attached hydrogen (secondary N) is 1. The largest absolute Gasteiger partial charge is 0.360 e. The summed E-state index contributed by atoms with van der Waals surface area (Å²) < 4.78 is 1.09. The van der Waals surface area contributed by atoms with Crippen molar-refractivity contribution in [1.82, 2.24) is 4.90 Å². The van der Waals surface area contributed by atoms with E-state index in [0.717, 1.165) is 23.3 Å². The molecule has 1 rings (SSSR count). The Balaban J connectivity index is 2.48. The van der Waals surface area contributed by atoms with Crippen LogP contribution in [0.25, 0.3) is 0 Å². The third-order valence-electron chi connectivity index (χ3n) is 2.32. The minimum Gasteiger partial charge on any atom is -0.360 e. The number of halogens is 1. The zero-order chi connectivity index (χ0) is 12.0. The van der Waals surface area contributed by atoms with E-state index >= 15 is 0 Å². The third kappa shape index (κ3) is 4.18. The second-order valence-corrected chi connectivity index (χ2v) is 5.33. The van der Waals surface area contributed by atoms with Gasteiger partial charge in [-0.25, -0.2) is 0 Å². The summed E-state index contributed by atoms with van der Waals surface area (Å²) in [6, 6.07) is 8.19. The van der Waals surface area contributed by atoms with Gasteiger partial charge < -0.3 is 4.90 Å². The smallest absolute Gasteiger partial charge is 0.106 e. The molecule has 1 aromatic carbocycles. The molecule has 0 aliphatic heterocycles. The minimum absolute atomic E-state index is 0.704. The summed E-state index contributed by atoms with van der Waals surface area (Å²) in [4.78, 5) is 3.27. The lowest BCUT2D eigenvalue weighted by Gasteiger charge is -2.21. The van der Waals surface area contributed by atoms with Gasteiger partial charge in [-0.05, 0) is 32.0 Å². The lowest BCUT2D eigenvalue weighted by atomic mass is 10.4. The zero-order valence-corrected chi connectivity index (χ0v) is 12.1. The van der Waals surface area contributed by atoms with Gasteiger partial charge in [0.25, 0.3) is 0 Å². The van der Waals surface area contributed by atoms with Crippen LogP contribution in [0.1, 0.15) is 13.8 Å². The van der Waals surface area contributed by atoms with E-state index in [2.05, 4.69) is 46.8 Å². The number of hydrogen-bond donors (Lipinski definition) is 1. The second-order valence-electron chi connectivity index (χ2n) is 3.37. The maximum Gasteiger partial charge on any atom is 0.106 e. The summed E-state index contributed by atoms with van der Waals surface area (Å²) in [6.45, 7) is 5.99. The summed E-state index contributed by atoms with van der Waals surface area (Å²) >= 11 is 5.15. The van der Waals surface area contributed by atoms with Crippen molar-refractivity contribution in [1.29, 1.82) is 5.41 Å². The number of hydrogen-bond acceptors (Lipinski definition) is 2. The van der Waals surface area contributed by atoms with Gasteiger partial charge in [-0.3, -0.25) is 5.41 Å². The van der Waals surface area contributed by atoms with Crippen molar-refractivity contribution >= 4 is 33.5 Å². The topological polar surface area (TPSA) is 27.1 Å². The quantitative estimate of drug-likeness (QED) is 0.508. The monoisotopic (exact) mass is 300 g/mol. The van der Waals surface area contributed by atoms with Crippen molar-refractivity contribution in [2.45, 2.75) is 18.7 Å². The average molecular weight is 301 g/mol. The minimum atomic E-state index is 0.704. The molecule has 0 radical (unpaired) electrons. The summed E-state index contributed by atoms with van der Waals surface area (Å²) in [7, 11) is 0. The van der Waals surface area contributed by atoms with Crippen molar-refractivity contribution in [2.24, 2.45) is 0 Å². The van der Waals surface area contributed by atoms with Crippen LogP contribution in [0.4, 0.5) is 0 Å². The Morgan fingerprint density at radius 1 is 1.38 bits per heavy atom. The molecule has 0 fully saturated rings. The molecular weight excluding hydrogens is 284 g/mol. The molecule has 0 saturated carbocycles. The highest BCUT2D eigenvalue weighted by atomic mass is 79.9. The molecule has 0 bridgehead atoms. The fourth-order valence-corrected chi connectivity index (χ4v) is 2.83. The first-order valence-electron chi connectivity index (χ1n) is 5.38. The fraction of sp³-hybridized carbons (Fsp3) is 0.417. The molecule has 0 heterocycles. The Hall–Kier alpha value is -0.480. The molecular formula is C12H17BrN2S. The summed E-state index contributed by atoms with van der Waals surface area (Å²) in [6.07, 6.45) is 0. The number of nitrogens with zero attached hydrogens (tertiary/aromatic N) is 1. The van der Waals surface area contributed by atoms with Gasteiger partial charge in [0.1, 0.15) is 5.84 Å². The van der Waals surface area contributed by atoms with Crippen LogP contribution in [-0.4, -0.2) is 29.6 Å². The van der Waals surface area contributed by atoms with Crippen LogP contribution < -0.4 is 0 Å². The predicted molar refractivity (Wildman–Crippen MR) is 75.5 cm³/mol. The zero-order valence-electron chi connectivity index (χ0n) is 9.66. The van der Waals surface area contributed by atoms with Gasteiger partial charge in [-0.15, -0.1) is 11.8 Å². The Labute approximate surface area is 110 Å². The highest BCUT2D eigenvalue weighted by molar-refractivity contribution is 9.10. The highest BCUT2D eigenvalue weighted by Gasteiger charge is 2.05. The average Bonchev–Trinajstić information content (AvgIpc) is 2.28. The molecule has 0 saturated heterocycles. The maximum absolute atomic E-state index is 7.94. The van der Waals surface area contributed by atoms with Crippen LogP contribution in [-0.2, 0) is 0 Å². The molecule has 4 heteroatoms. The van der Waals surface area contributed by atoms with Gasteiger partial charge in [-0.2, -0.15) is 0 Å². The van der Waals surface area contributed by atoms with Crippen LogP contribution in [0.3, 0.4) is 0 Å². The van der Waals surface area contributed by atoms with Gasteiger partial charge in [0.2, 0.25) is 0 Å². The van der Waals surface area contributed by atoms with Crippen molar-refractivity contribution in [3.8, 4) is 0 Å². The molecule has 0 aliphatic carbocycles. The van der Waals surface area contributed by atoms with Gasteiger partial charge >= 0.3 is 0 Å². The first-order chi connectivity index (χ1) is 7.67. The summed E-state index contributed by atoms with van der Waals surface area (Å²) in [5, 5.41) is 7.94. The maximum atomic E-state index is 7.94. The van der Waals surface area contributed by atoms with E-state index in [-0.39, 0.29) is 0 Å². The number of benzene rings is 1. The lowest BCUT2D eigenvalue weighted by Crippen LogP contribution is -2.31. The molecule has 0 amide bonds. The van der Waals surface area contributed by atoms with Gasteiger partial charge in [0.05, 0.1) is 5.75 Å². The van der Waals surface area contributed by atoms with Crippen molar-refractivity contribution in [3.05, 3.63) is 28.7 Å². The number of rotatable bonds is 5. The van der Waals surface area contributed by atoms with Crippen LogP contribution in [0.15, 0.2) is 33.6 Å². The van der Waals surface area contributed by atoms with E-state index in [4.69, 9.17) is 5.41 Å². The summed E-state index contributed by atoms with van der Waals surface area (Å²) in [5.41, 5.74) is 0. The predicted octanol–water partition coefficient (Wildman–Crippen LogP) is 3.86. The second kappa shape index (κ2) is 6.97. The van der Waals surface area contributed by atoms with Crippen LogP contribution in [0.2, 0.25) is 0 Å². The van der Waals surface area contributed by atoms with Gasteiger partial charge in [0, 0.05) is 22.5 Å². The van der Waals surface area contributed by atoms with E-state index in [1.165, 1.54) is 4.90 Å². The van der Waals surface area contributed by atoms with Crippen molar-refractivity contribution < 1.29 is 0 Å². The fourth-order valence-electron chi connectivity index (χ4n) is 1.41. The van der Waals surface area contributed by atoms with E-state index in [0.29, 0.717) is 5.84 Å². The van der Waals surface area contributed by atoms with Crippen molar-refractivity contribution in [2.75, 3.05) is 18.8 Å². The standard InChI is InChI=1S/C12H17BrN2S/c1-3-15(4-2)12(14)9-16-11-7-5-6-10(13)8-11/h5-8,14H,3-4,9H2,1-2H3. The van der Waals surface area contributed by atoms with E-state index < -0.39 is 0 Å². The third-order valence-corrected chi connectivity index (χ3v) is 3.82. The molecule has 16 heavy (non-hydrogen) atoms. The Morgan fingerprint density at radius 2 is 2.06 bits per heavy atom. The molecule has 0 unspecified atom stereocenters. The number of amidine groups is 1. The lowest BCUT2D eigenvalue weighted by molar-refractivity contribution is 0.461. The van der Waals surface area contributed by atoms with E-state index in [1.807, 2.05) is 12.1 Å². The molecule has 88 valence electrons. The van der Waals surface area contributed by atoms with Crippen LogP contribution >= 0.6 is 27.7 Å². The summed E-state index contributed by atoms with van der Waals surface area (Å²) in [5.74, 6) is 1.44. The normalized spacial score (nSPS) is 10.2. The van der Waals surface area contributed by atoms with Gasteiger partial charge in [-0.1, -0.05) is 22.0 Å². The Kier molecular flexibility index (Phi) is 5.91. The Morgan fingerprint density at radius 3 is 2.62 bits per heavy atom. The van der Waals surface area contributed by atoms with Crippen LogP contribution in [0.5, 0.6) is 0 Å². The first-order valence-corrected chi connectivity index (χ1v) is 7.16. The van der Waals surface area contributed by atoms with Crippen LogP contribution in [0, 0.1) is 5.41 Å². The van der Waals surface area contributed by atoms with E-state index in [9.17, 15) is 0 Å². The van der Waals surface area contributed by atoms with Gasteiger partial charge in [0.15, 0.2) is 0 Å². The van der Waals surface area contributed by atoms with E-state index in [1.54, 1.807) is 11.8 Å². The molecule has 0 atom stereocenters. The SMILES string of the molecule is CCN(CC)C(=N)CSc1cccc(Br)c1. The highest BCUT2D eigenvalue weighted by Crippen LogP contribution is 2.22. The molecule has 0 aromatic heterocycles. The molecule has 1 aromatic rings. The molecule has 2 nitrogen and oxygen atoms in total. The first kappa shape index (κ1) is 13.6. The molecule has 0 aliphatic rings. The number of thioether (sulfide) groups is 1. The Bertz CT molecular complexity index is 351. The molecule has 1 N–H and O–H groups in total. The molecule has 0 spiro atoms. The van der Waals surface area contributed by atoms with Crippen molar-refractivity contribution in [3.63, 3.8) is 0 Å².